The van der Waals surface area contributed by atoms with E-state index < -0.39 is 0 Å². The van der Waals surface area contributed by atoms with Crippen molar-refractivity contribution in [2.75, 3.05) is 13.2 Å². The maximum atomic E-state index is 12.3. The molecule has 19 heavy (non-hydrogen) atoms. The molecule has 0 atom stereocenters. The summed E-state index contributed by atoms with van der Waals surface area (Å²) < 4.78 is 7.42. The predicted molar refractivity (Wildman–Crippen MR) is 68.9 cm³/mol. The van der Waals surface area contributed by atoms with Gasteiger partial charge >= 0.3 is 0 Å². The lowest BCUT2D eigenvalue weighted by Crippen LogP contribution is -2.38. The number of ether oxygens (including phenoxy) is 1. The van der Waals surface area contributed by atoms with Crippen LogP contribution in [-0.4, -0.2) is 38.7 Å². The van der Waals surface area contributed by atoms with Gasteiger partial charge in [-0.1, -0.05) is 0 Å². The largest absolute Gasteiger partial charge is 0.477 e. The Labute approximate surface area is 111 Å². The second kappa shape index (κ2) is 4.79. The molecule has 0 fully saturated rings. The van der Waals surface area contributed by atoms with Crippen molar-refractivity contribution < 1.29 is 9.53 Å². The summed E-state index contributed by atoms with van der Waals surface area (Å²) >= 11 is 0. The summed E-state index contributed by atoms with van der Waals surface area (Å²) in [6.07, 6.45) is 2.04. The second-order valence-electron chi connectivity index (χ2n) is 4.47. The first-order valence-corrected chi connectivity index (χ1v) is 6.39. The first-order chi connectivity index (χ1) is 9.28. The molecule has 0 saturated carbocycles. The molecule has 3 heterocycles. The Kier molecular flexibility index (Phi) is 2.98. The Hall–Kier alpha value is -2.24. The van der Waals surface area contributed by atoms with Gasteiger partial charge in [0.25, 0.3) is 5.91 Å². The maximum absolute atomic E-state index is 12.3. The van der Waals surface area contributed by atoms with Crippen molar-refractivity contribution in [2.45, 2.75) is 20.0 Å². The first-order valence-electron chi connectivity index (χ1n) is 6.39. The molecule has 0 spiro atoms. The summed E-state index contributed by atoms with van der Waals surface area (Å²) in [5.41, 5.74) is 1.63. The number of fused-ring (bicyclic) bond motifs is 1. The van der Waals surface area contributed by atoms with Crippen LogP contribution in [0.4, 0.5) is 0 Å². The van der Waals surface area contributed by atoms with Crippen LogP contribution in [0.3, 0.4) is 0 Å². The standard InChI is InChI=1S/C13H16N4O2/c1-2-19-12-8-11(14-15-12)13(18)17-7-6-16-5-3-4-10(16)9-17/h3-5,8H,2,6-7,9H2,1H3,(H,14,15). The average molecular weight is 260 g/mol. The van der Waals surface area contributed by atoms with Gasteiger partial charge in [-0.05, 0) is 19.1 Å². The fourth-order valence-corrected chi connectivity index (χ4v) is 2.29. The molecule has 1 aliphatic heterocycles. The van der Waals surface area contributed by atoms with E-state index in [-0.39, 0.29) is 5.91 Å². The molecule has 100 valence electrons. The lowest BCUT2D eigenvalue weighted by molar-refractivity contribution is 0.0705. The van der Waals surface area contributed by atoms with E-state index in [1.165, 1.54) is 0 Å². The van der Waals surface area contributed by atoms with Crippen LogP contribution in [0.25, 0.3) is 0 Å². The number of aromatic nitrogens is 3. The number of hydrogen-bond acceptors (Lipinski definition) is 3. The molecule has 6 heteroatoms. The third kappa shape index (κ3) is 2.21. The Morgan fingerprint density at radius 1 is 1.53 bits per heavy atom. The number of carbonyl (C=O) groups excluding carboxylic acids is 1. The van der Waals surface area contributed by atoms with Crippen molar-refractivity contribution in [2.24, 2.45) is 0 Å². The molecular formula is C13H16N4O2. The SMILES string of the molecule is CCOc1cc(C(=O)N2CCn3cccc3C2)[nH]n1. The zero-order valence-electron chi connectivity index (χ0n) is 10.8. The third-order valence-corrected chi connectivity index (χ3v) is 3.25. The van der Waals surface area contributed by atoms with Gasteiger partial charge in [-0.15, -0.1) is 5.10 Å². The third-order valence-electron chi connectivity index (χ3n) is 3.25. The number of H-pyrrole nitrogens is 1. The van der Waals surface area contributed by atoms with Crippen LogP contribution in [0, 0.1) is 0 Å². The normalized spacial score (nSPS) is 14.3. The molecule has 0 saturated heterocycles. The smallest absolute Gasteiger partial charge is 0.272 e. The minimum Gasteiger partial charge on any atom is -0.477 e. The van der Waals surface area contributed by atoms with E-state index in [9.17, 15) is 4.79 Å². The summed E-state index contributed by atoms with van der Waals surface area (Å²) in [7, 11) is 0. The Morgan fingerprint density at radius 3 is 3.26 bits per heavy atom. The van der Waals surface area contributed by atoms with Gasteiger partial charge in [0.2, 0.25) is 5.88 Å². The van der Waals surface area contributed by atoms with Gasteiger partial charge in [-0.3, -0.25) is 9.89 Å². The topological polar surface area (TPSA) is 63.1 Å². The van der Waals surface area contributed by atoms with Crippen molar-refractivity contribution in [1.29, 1.82) is 0 Å². The zero-order valence-corrected chi connectivity index (χ0v) is 10.8. The molecule has 0 unspecified atom stereocenters. The molecule has 2 aromatic heterocycles. The Morgan fingerprint density at radius 2 is 2.42 bits per heavy atom. The fraction of sp³-hybridized carbons (Fsp3) is 0.385. The summed E-state index contributed by atoms with van der Waals surface area (Å²) in [5, 5.41) is 6.69. The fourth-order valence-electron chi connectivity index (χ4n) is 2.29. The Bertz CT molecular complexity index is 587. The monoisotopic (exact) mass is 260 g/mol. The second-order valence-corrected chi connectivity index (χ2v) is 4.47. The van der Waals surface area contributed by atoms with Gasteiger partial charge in [0.15, 0.2) is 0 Å². The average Bonchev–Trinajstić information content (AvgIpc) is 3.05. The van der Waals surface area contributed by atoms with E-state index >= 15 is 0 Å². The van der Waals surface area contributed by atoms with Gasteiger partial charge in [-0.25, -0.2) is 0 Å². The molecule has 0 aromatic carbocycles. The molecule has 0 radical (unpaired) electrons. The minimum atomic E-state index is -0.0362. The van der Waals surface area contributed by atoms with E-state index in [0.29, 0.717) is 31.3 Å². The van der Waals surface area contributed by atoms with Crippen molar-refractivity contribution in [3.63, 3.8) is 0 Å². The summed E-state index contributed by atoms with van der Waals surface area (Å²) in [5.74, 6) is 0.428. The quantitative estimate of drug-likeness (QED) is 0.903. The van der Waals surface area contributed by atoms with Crippen molar-refractivity contribution >= 4 is 5.91 Å². The zero-order chi connectivity index (χ0) is 13.2. The lowest BCUT2D eigenvalue weighted by Gasteiger charge is -2.28. The molecule has 6 nitrogen and oxygen atoms in total. The Balaban J connectivity index is 1.74. The number of rotatable bonds is 3. The molecule has 1 amide bonds. The van der Waals surface area contributed by atoms with Crippen LogP contribution < -0.4 is 4.74 Å². The number of nitrogens with zero attached hydrogens (tertiary/aromatic N) is 3. The van der Waals surface area contributed by atoms with E-state index in [4.69, 9.17) is 4.74 Å². The molecule has 3 rings (SSSR count). The predicted octanol–water partition coefficient (Wildman–Crippen LogP) is 1.27. The van der Waals surface area contributed by atoms with Crippen molar-refractivity contribution in [3.8, 4) is 5.88 Å². The van der Waals surface area contributed by atoms with Gasteiger partial charge in [0, 0.05) is 31.0 Å². The van der Waals surface area contributed by atoms with Crippen molar-refractivity contribution in [1.82, 2.24) is 19.7 Å². The summed E-state index contributed by atoms with van der Waals surface area (Å²) in [6, 6.07) is 5.70. The van der Waals surface area contributed by atoms with Crippen molar-refractivity contribution in [3.05, 3.63) is 35.8 Å². The van der Waals surface area contributed by atoms with Crippen LogP contribution in [0.5, 0.6) is 5.88 Å². The molecule has 1 N–H and O–H groups in total. The minimum absolute atomic E-state index is 0.0362. The van der Waals surface area contributed by atoms with Gasteiger partial charge in [-0.2, -0.15) is 0 Å². The highest BCUT2D eigenvalue weighted by Gasteiger charge is 2.22. The van der Waals surface area contributed by atoms with Crippen LogP contribution >= 0.6 is 0 Å². The molecule has 0 bridgehead atoms. The molecular weight excluding hydrogens is 244 g/mol. The van der Waals surface area contributed by atoms with Crippen LogP contribution in [0.15, 0.2) is 24.4 Å². The number of aromatic amines is 1. The number of amides is 1. The number of nitrogens with one attached hydrogen (secondary N) is 1. The van der Waals surface area contributed by atoms with Crippen LogP contribution in [0.1, 0.15) is 23.1 Å². The van der Waals surface area contributed by atoms with E-state index in [1.54, 1.807) is 6.07 Å². The lowest BCUT2D eigenvalue weighted by atomic mass is 10.2. The van der Waals surface area contributed by atoms with E-state index in [2.05, 4.69) is 14.8 Å². The summed E-state index contributed by atoms with van der Waals surface area (Å²) in [6.45, 7) is 4.60. The van der Waals surface area contributed by atoms with E-state index in [0.717, 1.165) is 12.2 Å². The number of carbonyl (C=O) groups is 1. The van der Waals surface area contributed by atoms with Gasteiger partial charge in [0.1, 0.15) is 5.69 Å². The summed E-state index contributed by atoms with van der Waals surface area (Å²) in [4.78, 5) is 14.2. The highest BCUT2D eigenvalue weighted by atomic mass is 16.5. The van der Waals surface area contributed by atoms with Gasteiger partial charge < -0.3 is 14.2 Å². The maximum Gasteiger partial charge on any atom is 0.272 e. The molecule has 1 aliphatic rings. The van der Waals surface area contributed by atoms with E-state index in [1.807, 2.05) is 30.2 Å². The highest BCUT2D eigenvalue weighted by molar-refractivity contribution is 5.92. The molecule has 2 aromatic rings. The first kappa shape index (κ1) is 11.8. The number of hydrogen-bond donors (Lipinski definition) is 1. The van der Waals surface area contributed by atoms with Crippen LogP contribution in [0.2, 0.25) is 0 Å². The highest BCUT2D eigenvalue weighted by Crippen LogP contribution is 2.16. The molecule has 0 aliphatic carbocycles. The van der Waals surface area contributed by atoms with Gasteiger partial charge in [0.05, 0.1) is 13.2 Å². The van der Waals surface area contributed by atoms with Crippen LogP contribution in [-0.2, 0) is 13.1 Å².